The zero-order chi connectivity index (χ0) is 19.4. The Kier molecular flexibility index (Phi) is 5.95. The predicted molar refractivity (Wildman–Crippen MR) is 102 cm³/mol. The SMILES string of the molecule is CC(C)Oc1ccc([C@H](C)Nc2nc(=O)n(C3CCOCC3)c(=O)[nH]2)cc1. The van der Waals surface area contributed by atoms with E-state index >= 15 is 0 Å². The molecule has 0 spiro atoms. The Morgan fingerprint density at radius 3 is 2.44 bits per heavy atom. The van der Waals surface area contributed by atoms with Crippen LogP contribution in [0.15, 0.2) is 33.9 Å². The quantitative estimate of drug-likeness (QED) is 0.805. The molecule has 1 aliphatic heterocycles. The molecule has 8 nitrogen and oxygen atoms in total. The van der Waals surface area contributed by atoms with Crippen LogP contribution in [0.5, 0.6) is 5.75 Å². The maximum atomic E-state index is 12.4. The molecule has 0 amide bonds. The number of hydrogen-bond acceptors (Lipinski definition) is 6. The third kappa shape index (κ3) is 4.77. The summed E-state index contributed by atoms with van der Waals surface area (Å²) < 4.78 is 12.1. The van der Waals surface area contributed by atoms with E-state index in [1.54, 1.807) is 0 Å². The van der Waals surface area contributed by atoms with E-state index in [0.29, 0.717) is 26.1 Å². The van der Waals surface area contributed by atoms with E-state index < -0.39 is 11.4 Å². The first-order valence-corrected chi connectivity index (χ1v) is 9.28. The van der Waals surface area contributed by atoms with E-state index in [1.807, 2.05) is 45.0 Å². The fraction of sp³-hybridized carbons (Fsp3) is 0.526. The van der Waals surface area contributed by atoms with Gasteiger partial charge in [-0.1, -0.05) is 12.1 Å². The number of hydrogen-bond donors (Lipinski definition) is 2. The van der Waals surface area contributed by atoms with Crippen molar-refractivity contribution in [2.45, 2.75) is 51.8 Å². The smallest absolute Gasteiger partial charge is 0.355 e. The molecule has 8 heteroatoms. The highest BCUT2D eigenvalue weighted by Gasteiger charge is 2.20. The van der Waals surface area contributed by atoms with Crippen LogP contribution in [0.4, 0.5) is 5.95 Å². The topological polar surface area (TPSA) is 98.2 Å². The van der Waals surface area contributed by atoms with E-state index in [-0.39, 0.29) is 24.1 Å². The Hall–Kier alpha value is -2.61. The summed E-state index contributed by atoms with van der Waals surface area (Å²) in [5, 5.41) is 3.08. The molecule has 3 rings (SSSR count). The van der Waals surface area contributed by atoms with Crippen molar-refractivity contribution in [1.82, 2.24) is 14.5 Å². The van der Waals surface area contributed by atoms with Gasteiger partial charge in [-0.25, -0.2) is 14.2 Å². The van der Waals surface area contributed by atoms with E-state index in [4.69, 9.17) is 9.47 Å². The number of nitrogens with zero attached hydrogens (tertiary/aromatic N) is 2. The second kappa shape index (κ2) is 8.39. The van der Waals surface area contributed by atoms with Gasteiger partial charge in [0.1, 0.15) is 5.75 Å². The lowest BCUT2D eigenvalue weighted by atomic mass is 10.1. The number of aromatic amines is 1. The van der Waals surface area contributed by atoms with E-state index in [1.165, 1.54) is 4.57 Å². The average Bonchev–Trinajstić information content (AvgIpc) is 2.62. The number of nitrogens with one attached hydrogen (secondary N) is 2. The van der Waals surface area contributed by atoms with Crippen LogP contribution < -0.4 is 21.4 Å². The fourth-order valence-corrected chi connectivity index (χ4v) is 3.16. The number of rotatable bonds is 6. The Morgan fingerprint density at radius 1 is 1.19 bits per heavy atom. The number of benzene rings is 1. The van der Waals surface area contributed by atoms with Crippen LogP contribution in [0.2, 0.25) is 0 Å². The molecule has 1 aromatic carbocycles. The molecule has 1 aromatic heterocycles. The lowest BCUT2D eigenvalue weighted by Crippen LogP contribution is -2.42. The average molecular weight is 374 g/mol. The summed E-state index contributed by atoms with van der Waals surface area (Å²) in [6.45, 7) is 6.97. The van der Waals surface area contributed by atoms with E-state index in [2.05, 4.69) is 15.3 Å². The summed E-state index contributed by atoms with van der Waals surface area (Å²) >= 11 is 0. The fourth-order valence-electron chi connectivity index (χ4n) is 3.16. The highest BCUT2D eigenvalue weighted by molar-refractivity contribution is 5.34. The summed E-state index contributed by atoms with van der Waals surface area (Å²) in [6.07, 6.45) is 1.39. The molecule has 0 saturated carbocycles. The first kappa shape index (κ1) is 19.2. The Morgan fingerprint density at radius 2 is 1.85 bits per heavy atom. The van der Waals surface area contributed by atoms with Crippen molar-refractivity contribution in [3.8, 4) is 5.75 Å². The van der Waals surface area contributed by atoms with Crippen molar-refractivity contribution >= 4 is 5.95 Å². The molecule has 0 aliphatic carbocycles. The maximum absolute atomic E-state index is 12.4. The molecule has 27 heavy (non-hydrogen) atoms. The molecule has 1 atom stereocenters. The Bertz CT molecular complexity index is 835. The molecule has 2 N–H and O–H groups in total. The summed E-state index contributed by atoms with van der Waals surface area (Å²) in [7, 11) is 0. The molecule has 0 radical (unpaired) electrons. The molecule has 1 fully saturated rings. The van der Waals surface area contributed by atoms with Gasteiger partial charge in [0.15, 0.2) is 0 Å². The van der Waals surface area contributed by atoms with Gasteiger partial charge >= 0.3 is 11.4 Å². The number of aromatic nitrogens is 3. The lowest BCUT2D eigenvalue weighted by molar-refractivity contribution is 0.0670. The second-order valence-electron chi connectivity index (χ2n) is 6.99. The first-order valence-electron chi connectivity index (χ1n) is 9.28. The number of H-pyrrole nitrogens is 1. The van der Waals surface area contributed by atoms with Crippen LogP contribution in [-0.4, -0.2) is 33.9 Å². The predicted octanol–water partition coefficient (Wildman–Crippen LogP) is 2.24. The van der Waals surface area contributed by atoms with Gasteiger partial charge in [-0.05, 0) is 51.3 Å². The molecule has 146 valence electrons. The van der Waals surface area contributed by atoms with Crippen molar-refractivity contribution < 1.29 is 9.47 Å². The standard InChI is InChI=1S/C19H26N4O4/c1-12(2)27-16-6-4-14(5-7-16)13(3)20-17-21-18(24)23(19(25)22-17)15-8-10-26-11-9-15/h4-7,12-13,15H,8-11H2,1-3H3,(H2,20,21,22,24,25)/t13-/m0/s1. The van der Waals surface area contributed by atoms with Gasteiger partial charge < -0.3 is 14.8 Å². The van der Waals surface area contributed by atoms with E-state index in [9.17, 15) is 9.59 Å². The van der Waals surface area contributed by atoms with Gasteiger partial charge in [-0.3, -0.25) is 4.98 Å². The zero-order valence-corrected chi connectivity index (χ0v) is 15.9. The summed E-state index contributed by atoms with van der Waals surface area (Å²) in [6, 6.07) is 7.37. The van der Waals surface area contributed by atoms with Crippen LogP contribution in [0, 0.1) is 0 Å². The van der Waals surface area contributed by atoms with Crippen molar-refractivity contribution in [3.63, 3.8) is 0 Å². The number of ether oxygens (including phenoxy) is 2. The molecular weight excluding hydrogens is 348 g/mol. The Labute approximate surface area is 157 Å². The van der Waals surface area contributed by atoms with Crippen LogP contribution in [0.1, 0.15) is 51.3 Å². The molecule has 0 bridgehead atoms. The largest absolute Gasteiger partial charge is 0.491 e. The molecule has 2 heterocycles. The third-order valence-electron chi connectivity index (χ3n) is 4.52. The van der Waals surface area contributed by atoms with Gasteiger partial charge in [-0.15, -0.1) is 0 Å². The molecule has 0 unspecified atom stereocenters. The second-order valence-corrected chi connectivity index (χ2v) is 6.99. The monoisotopic (exact) mass is 374 g/mol. The van der Waals surface area contributed by atoms with Crippen LogP contribution >= 0.6 is 0 Å². The van der Waals surface area contributed by atoms with Crippen LogP contribution in [0.25, 0.3) is 0 Å². The highest BCUT2D eigenvalue weighted by Crippen LogP contribution is 2.21. The molecular formula is C19H26N4O4. The van der Waals surface area contributed by atoms with Crippen molar-refractivity contribution in [2.24, 2.45) is 0 Å². The minimum absolute atomic E-state index is 0.114. The maximum Gasteiger partial charge on any atom is 0.355 e. The molecule has 2 aromatic rings. The van der Waals surface area contributed by atoms with Gasteiger partial charge in [0.2, 0.25) is 5.95 Å². The minimum Gasteiger partial charge on any atom is -0.491 e. The van der Waals surface area contributed by atoms with Gasteiger partial charge in [-0.2, -0.15) is 4.98 Å². The third-order valence-corrected chi connectivity index (χ3v) is 4.52. The van der Waals surface area contributed by atoms with Crippen molar-refractivity contribution in [3.05, 3.63) is 50.8 Å². The summed E-state index contributed by atoms with van der Waals surface area (Å²) in [4.78, 5) is 31.4. The summed E-state index contributed by atoms with van der Waals surface area (Å²) in [5.74, 6) is 0.967. The van der Waals surface area contributed by atoms with Gasteiger partial charge in [0, 0.05) is 19.3 Å². The van der Waals surface area contributed by atoms with Crippen molar-refractivity contribution in [2.75, 3.05) is 18.5 Å². The lowest BCUT2D eigenvalue weighted by Gasteiger charge is -2.23. The molecule has 1 saturated heterocycles. The zero-order valence-electron chi connectivity index (χ0n) is 15.9. The highest BCUT2D eigenvalue weighted by atomic mass is 16.5. The normalized spacial score (nSPS) is 16.3. The number of anilines is 1. The van der Waals surface area contributed by atoms with Crippen molar-refractivity contribution in [1.29, 1.82) is 0 Å². The Balaban J connectivity index is 1.73. The van der Waals surface area contributed by atoms with Gasteiger partial charge in [0.25, 0.3) is 0 Å². The summed E-state index contributed by atoms with van der Waals surface area (Å²) in [5.41, 5.74) is 0.000626. The molecule has 1 aliphatic rings. The van der Waals surface area contributed by atoms with Crippen LogP contribution in [0.3, 0.4) is 0 Å². The van der Waals surface area contributed by atoms with E-state index in [0.717, 1.165) is 11.3 Å². The van der Waals surface area contributed by atoms with Crippen LogP contribution in [-0.2, 0) is 4.74 Å². The van der Waals surface area contributed by atoms with Gasteiger partial charge in [0.05, 0.1) is 12.1 Å². The first-order chi connectivity index (χ1) is 12.9. The minimum atomic E-state index is -0.541.